The zero-order chi connectivity index (χ0) is 77.7. The van der Waals surface area contributed by atoms with E-state index in [-0.39, 0.29) is 69.4 Å². The van der Waals surface area contributed by atoms with Gasteiger partial charge in [0.05, 0.1) is 23.6 Å². The molecule has 28 heteroatoms. The fourth-order valence-corrected chi connectivity index (χ4v) is 14.2. The number of carbonyl (C=O) groups is 12. The molecule has 3 aromatic carbocycles. The van der Waals surface area contributed by atoms with Gasteiger partial charge in [-0.1, -0.05) is 145 Å². The lowest BCUT2D eigenvalue weighted by Crippen LogP contribution is -2.65. The molecule has 3 aromatic rings. The van der Waals surface area contributed by atoms with Gasteiger partial charge >= 0.3 is 6.18 Å². The zero-order valence-electron chi connectivity index (χ0n) is 63.4. The Hall–Kier alpha value is -8.62. The van der Waals surface area contributed by atoms with Crippen LogP contribution in [0.4, 0.5) is 13.2 Å². The van der Waals surface area contributed by atoms with Gasteiger partial charge in [0.25, 0.3) is 0 Å². The number of amides is 12. The average Bonchev–Trinajstić information content (AvgIpc) is 1.14. The molecule has 0 unspecified atom stereocenters. The van der Waals surface area contributed by atoms with Gasteiger partial charge < -0.3 is 60.0 Å². The molecule has 3 fully saturated rings. The summed E-state index contributed by atoms with van der Waals surface area (Å²) in [5.74, 6) is -9.89. The first kappa shape index (κ1) is 84.3. The largest absolute Gasteiger partial charge is 0.417 e. The summed E-state index contributed by atoms with van der Waals surface area (Å²) in [6, 6.07) is 7.12. The molecule has 0 aromatic heterocycles. The van der Waals surface area contributed by atoms with E-state index in [9.17, 15) is 46.7 Å². The Balaban J connectivity index is 1.50. The highest BCUT2D eigenvalue weighted by Crippen LogP contribution is 2.37. The molecule has 0 bridgehead atoms. The van der Waals surface area contributed by atoms with Crippen LogP contribution in [-0.4, -0.2) is 251 Å². The van der Waals surface area contributed by atoms with Crippen LogP contribution in [0.25, 0.3) is 0 Å². The van der Waals surface area contributed by atoms with Crippen LogP contribution in [0.3, 0.4) is 0 Å². The van der Waals surface area contributed by atoms with E-state index >= 15 is 24.0 Å². The molecular weight excluding hydrogens is 1370 g/mol. The Bertz CT molecular complexity index is 3600. The van der Waals surface area contributed by atoms with E-state index in [1.807, 2.05) is 46.8 Å². The Morgan fingerprint density at radius 1 is 0.644 bits per heavy atom. The van der Waals surface area contributed by atoms with Crippen LogP contribution in [0.1, 0.15) is 140 Å². The number of nitrogens with zero attached hydrogens (tertiary/aromatic N) is 9. The van der Waals surface area contributed by atoms with Crippen molar-refractivity contribution in [2.24, 2.45) is 17.8 Å². The summed E-state index contributed by atoms with van der Waals surface area (Å²) in [6.07, 6.45) is -3.97. The number of alkyl halides is 3. The summed E-state index contributed by atoms with van der Waals surface area (Å²) in [5, 5.41) is 8.08. The van der Waals surface area contributed by atoms with Crippen molar-refractivity contribution in [3.63, 3.8) is 0 Å². The van der Waals surface area contributed by atoms with Gasteiger partial charge in [-0.05, 0) is 98.9 Å². The number of aryl methyl sites for hydroxylation is 2. The van der Waals surface area contributed by atoms with E-state index in [2.05, 4.69) is 16.0 Å². The number of hydrogen-bond donors (Lipinski definition) is 3. The Morgan fingerprint density at radius 3 is 1.77 bits per heavy atom. The first-order chi connectivity index (χ1) is 48.7. The van der Waals surface area contributed by atoms with Gasteiger partial charge in [0.2, 0.25) is 70.9 Å². The minimum Gasteiger partial charge on any atom is -0.347 e. The van der Waals surface area contributed by atoms with Crippen LogP contribution in [0.5, 0.6) is 0 Å². The monoisotopic (exact) mass is 1470 g/mol. The second kappa shape index (κ2) is 36.4. The molecule has 11 atom stereocenters. The van der Waals surface area contributed by atoms with Crippen LogP contribution in [0.2, 0.25) is 5.02 Å². The Kier molecular flexibility index (Phi) is 29.5. The van der Waals surface area contributed by atoms with Crippen LogP contribution in [0.15, 0.2) is 72.8 Å². The summed E-state index contributed by atoms with van der Waals surface area (Å²) in [5.41, 5.74) is -0.403. The van der Waals surface area contributed by atoms with Crippen molar-refractivity contribution in [3.05, 3.63) is 106 Å². The fraction of sp³-hybridized carbons (Fsp3) is 0.605. The lowest BCUT2D eigenvalue weighted by Gasteiger charge is -2.45. The Labute approximate surface area is 615 Å². The second-order valence-corrected chi connectivity index (χ2v) is 29.8. The SMILES string of the molecule is CC[C@H](C)[C@@H]1NC(=O)[C@H](CC(C)C)N(C)C(=O)C[C@@H](C(=O)N(C)C)N(C)C(=O)[C@H]([C@@H](C)CC)N(C)C(=O)C2(CCCC2)NC(=O)[C@@H](Cc2ccccc2)N(C)C(=O)[C@H](CCc2ccc(C(F)(F)F)c(Cl)c2)NC(=O)CN(C)C(=O)[C@H](Cc2ccc(C)cc2)N(C)C(=O)[C@@H]2CCN2C(=O)[C@H](C)N(C)C1=O. The van der Waals surface area contributed by atoms with Crippen LogP contribution in [0, 0.1) is 24.7 Å². The molecule has 12 amide bonds. The average molecular weight is 1470 g/mol. The van der Waals surface area contributed by atoms with E-state index in [0.29, 0.717) is 36.8 Å². The molecule has 1 saturated carbocycles. The highest BCUT2D eigenvalue weighted by Gasteiger charge is 2.51. The Morgan fingerprint density at radius 2 is 1.22 bits per heavy atom. The normalized spacial score (nSPS) is 24.9. The van der Waals surface area contributed by atoms with Gasteiger partial charge in [0.15, 0.2) is 0 Å². The van der Waals surface area contributed by atoms with Crippen LogP contribution >= 0.6 is 11.6 Å². The van der Waals surface area contributed by atoms with E-state index in [1.54, 1.807) is 56.3 Å². The molecule has 2 aliphatic heterocycles. The molecule has 572 valence electrons. The molecule has 0 radical (unpaired) electrons. The van der Waals surface area contributed by atoms with Gasteiger partial charge in [-0.3, -0.25) is 57.5 Å². The minimum absolute atomic E-state index is 0.0630. The molecule has 6 rings (SSSR count). The second-order valence-electron chi connectivity index (χ2n) is 29.4. The van der Waals surface area contributed by atoms with Gasteiger partial charge in [-0.15, -0.1) is 0 Å². The summed E-state index contributed by atoms with van der Waals surface area (Å²) in [7, 11) is 12.6. The molecule has 104 heavy (non-hydrogen) atoms. The van der Waals surface area contributed by atoms with Crippen molar-refractivity contribution < 1.29 is 70.7 Å². The van der Waals surface area contributed by atoms with E-state index in [0.717, 1.165) is 32.4 Å². The van der Waals surface area contributed by atoms with Gasteiger partial charge in [-0.2, -0.15) is 13.2 Å². The van der Waals surface area contributed by atoms with Crippen molar-refractivity contribution in [1.82, 2.24) is 60.0 Å². The smallest absolute Gasteiger partial charge is 0.347 e. The minimum atomic E-state index is -4.79. The van der Waals surface area contributed by atoms with Crippen molar-refractivity contribution >= 4 is 82.5 Å². The maximum absolute atomic E-state index is 15.7. The van der Waals surface area contributed by atoms with Crippen LogP contribution in [-0.2, 0) is 83.0 Å². The maximum atomic E-state index is 15.7. The predicted molar refractivity (Wildman–Crippen MR) is 387 cm³/mol. The maximum Gasteiger partial charge on any atom is 0.417 e. The molecular formula is C76H108ClF3N12O12. The number of hydrogen-bond acceptors (Lipinski definition) is 12. The van der Waals surface area contributed by atoms with E-state index in [1.165, 1.54) is 106 Å². The summed E-state index contributed by atoms with van der Waals surface area (Å²) < 4.78 is 41.9. The van der Waals surface area contributed by atoms with Crippen LogP contribution < -0.4 is 16.0 Å². The number of rotatable bonds is 14. The first-order valence-electron chi connectivity index (χ1n) is 35.9. The van der Waals surface area contributed by atoms with Crippen molar-refractivity contribution in [2.45, 2.75) is 205 Å². The van der Waals surface area contributed by atoms with Gasteiger partial charge in [0, 0.05) is 82.8 Å². The number of halogens is 4. The summed E-state index contributed by atoms with van der Waals surface area (Å²) >= 11 is 6.19. The van der Waals surface area contributed by atoms with E-state index in [4.69, 9.17) is 11.6 Å². The topological polar surface area (TPSA) is 270 Å². The molecule has 3 aliphatic rings. The molecule has 2 saturated heterocycles. The molecule has 24 nitrogen and oxygen atoms in total. The third kappa shape index (κ3) is 20.2. The zero-order valence-corrected chi connectivity index (χ0v) is 64.2. The number of fused-ring (bicyclic) bond motifs is 1. The quantitative estimate of drug-likeness (QED) is 0.164. The highest BCUT2D eigenvalue weighted by atomic mass is 35.5. The van der Waals surface area contributed by atoms with Crippen molar-refractivity contribution in [3.8, 4) is 0 Å². The number of nitrogens with one attached hydrogen (secondary N) is 3. The number of likely N-dealkylation sites (N-methyl/N-ethyl adjacent to an activating group) is 8. The molecule has 3 N–H and O–H groups in total. The van der Waals surface area contributed by atoms with E-state index < -0.39 is 172 Å². The standard InChI is InChI=1S/C76H108ClF3N12O12/c1-18-47(6)63-72(102)86(12)49(8)67(97)92-38-35-56(92)71(101)89(15)59(42-52-29-27-46(5)28-30-52)70(100)85(11)44-61(93)81-55(34-32-51-31-33-53(54(77)40-51)76(78,79)80)68(98)88(14)58(41-50-25-21-20-22-26-50)66(96)83-75(36-23-24-37-75)74(104)91(17)64(48(7)19-2)73(103)90(16)60(69(99)84(9)10)43-62(94)87(13)57(39-45(3)4)65(95)82-63/h20-22,25-31,33,40,45,47-49,55-60,63-64H,18-19,23-24,32,34-39,41-44H2,1-17H3,(H,81,93)(H,82,95)(H,83,96)/t47-,48-,49-,55-,56-,57-,58+,59-,60-,63-,64-/m0/s1. The molecule has 2 heterocycles. The molecule has 1 spiro atoms. The lowest BCUT2D eigenvalue weighted by molar-refractivity contribution is -0.160. The van der Waals surface area contributed by atoms with Gasteiger partial charge in [-0.25, -0.2) is 0 Å². The van der Waals surface area contributed by atoms with Crippen molar-refractivity contribution in [1.29, 1.82) is 0 Å². The van der Waals surface area contributed by atoms with Gasteiger partial charge in [0.1, 0.15) is 59.9 Å². The van der Waals surface area contributed by atoms with Crippen molar-refractivity contribution in [2.75, 3.05) is 76.5 Å². The highest BCUT2D eigenvalue weighted by molar-refractivity contribution is 6.31. The molecule has 1 aliphatic carbocycles. The predicted octanol–water partition coefficient (Wildman–Crippen LogP) is 6.16. The summed E-state index contributed by atoms with van der Waals surface area (Å²) in [6.45, 7) is 13.6. The number of carbonyl (C=O) groups excluding carboxylic acids is 12. The summed E-state index contributed by atoms with van der Waals surface area (Å²) in [4.78, 5) is 191. The number of benzene rings is 3. The first-order valence-corrected chi connectivity index (χ1v) is 36.3. The third-order valence-electron chi connectivity index (χ3n) is 21.3. The fourth-order valence-electron chi connectivity index (χ4n) is 13.9. The third-order valence-corrected chi connectivity index (χ3v) is 21.6. The lowest BCUT2D eigenvalue weighted by atomic mass is 9.90.